The van der Waals surface area contributed by atoms with E-state index >= 15 is 0 Å². The van der Waals surface area contributed by atoms with Crippen LogP contribution in [0.2, 0.25) is 0 Å². The van der Waals surface area contributed by atoms with Crippen molar-refractivity contribution in [2.45, 2.75) is 52.7 Å². The standard InChI is InChI=1S/C11H22O3S/c1-10(2,3)7-9(12)8-15(13,14)11(4,5)6/h7-8H2,1-6H3. The van der Waals surface area contributed by atoms with E-state index in [9.17, 15) is 13.2 Å². The molecule has 0 saturated heterocycles. The monoisotopic (exact) mass is 234 g/mol. The van der Waals surface area contributed by atoms with E-state index in [0.717, 1.165) is 0 Å². The Morgan fingerprint density at radius 1 is 1.00 bits per heavy atom. The highest BCUT2D eigenvalue weighted by atomic mass is 32.2. The Labute approximate surface area is 93.2 Å². The molecular formula is C11H22O3S. The van der Waals surface area contributed by atoms with Crippen molar-refractivity contribution >= 4 is 15.6 Å². The predicted molar refractivity (Wildman–Crippen MR) is 62.6 cm³/mol. The van der Waals surface area contributed by atoms with Crippen molar-refractivity contribution in [2.24, 2.45) is 5.41 Å². The molecule has 4 heteroatoms. The molecule has 90 valence electrons. The first-order valence-electron chi connectivity index (χ1n) is 5.09. The van der Waals surface area contributed by atoms with Gasteiger partial charge in [-0.1, -0.05) is 20.8 Å². The summed E-state index contributed by atoms with van der Waals surface area (Å²) in [6, 6.07) is 0. The normalized spacial score (nSPS) is 14.0. The fourth-order valence-corrected chi connectivity index (χ4v) is 2.03. The average Bonchev–Trinajstić information content (AvgIpc) is 1.75. The molecule has 3 nitrogen and oxygen atoms in total. The molecule has 0 bridgehead atoms. The molecule has 0 radical (unpaired) electrons. The second-order valence-electron chi connectivity index (χ2n) is 6.15. The van der Waals surface area contributed by atoms with Crippen LogP contribution in [0.3, 0.4) is 0 Å². The Morgan fingerprint density at radius 2 is 1.40 bits per heavy atom. The van der Waals surface area contributed by atoms with Gasteiger partial charge >= 0.3 is 0 Å². The zero-order valence-electron chi connectivity index (χ0n) is 10.5. The third kappa shape index (κ3) is 5.30. The number of carbonyl (C=O) groups is 1. The lowest BCUT2D eigenvalue weighted by molar-refractivity contribution is -0.118. The van der Waals surface area contributed by atoms with Crippen molar-refractivity contribution in [2.75, 3.05) is 5.75 Å². The SMILES string of the molecule is CC(C)(C)CC(=O)CS(=O)(=O)C(C)(C)C. The maximum absolute atomic E-state index is 11.7. The van der Waals surface area contributed by atoms with Crippen molar-refractivity contribution in [3.8, 4) is 0 Å². The predicted octanol–water partition coefficient (Wildman–Crippen LogP) is 2.21. The van der Waals surface area contributed by atoms with E-state index in [-0.39, 0.29) is 17.0 Å². The number of Topliss-reactive ketones (excluding diaryl/α,β-unsaturated/α-hetero) is 1. The first kappa shape index (κ1) is 14.6. The van der Waals surface area contributed by atoms with Gasteiger partial charge in [0.1, 0.15) is 11.5 Å². The first-order valence-corrected chi connectivity index (χ1v) is 6.74. The van der Waals surface area contributed by atoms with E-state index in [0.29, 0.717) is 6.42 Å². The van der Waals surface area contributed by atoms with Crippen LogP contribution in [-0.2, 0) is 14.6 Å². The van der Waals surface area contributed by atoms with E-state index < -0.39 is 14.6 Å². The summed E-state index contributed by atoms with van der Waals surface area (Å²) in [4.78, 5) is 11.5. The summed E-state index contributed by atoms with van der Waals surface area (Å²) in [6.45, 7) is 10.6. The topological polar surface area (TPSA) is 51.2 Å². The molecule has 0 unspecified atom stereocenters. The second-order valence-corrected chi connectivity index (χ2v) is 8.89. The van der Waals surface area contributed by atoms with Gasteiger partial charge in [0.05, 0.1) is 4.75 Å². The summed E-state index contributed by atoms with van der Waals surface area (Å²) < 4.78 is 22.6. The molecule has 0 aliphatic carbocycles. The van der Waals surface area contributed by atoms with Crippen LogP contribution >= 0.6 is 0 Å². The van der Waals surface area contributed by atoms with Crippen LogP contribution in [-0.4, -0.2) is 24.7 Å². The van der Waals surface area contributed by atoms with E-state index in [2.05, 4.69) is 0 Å². The van der Waals surface area contributed by atoms with Crippen LogP contribution < -0.4 is 0 Å². The fourth-order valence-electron chi connectivity index (χ4n) is 1.07. The Morgan fingerprint density at radius 3 is 1.67 bits per heavy atom. The van der Waals surface area contributed by atoms with Gasteiger partial charge in [-0.15, -0.1) is 0 Å². The van der Waals surface area contributed by atoms with Gasteiger partial charge in [0.25, 0.3) is 0 Å². The molecule has 0 saturated carbocycles. The van der Waals surface area contributed by atoms with Crippen LogP contribution in [0, 0.1) is 5.41 Å². The van der Waals surface area contributed by atoms with E-state index in [1.165, 1.54) is 0 Å². The molecular weight excluding hydrogens is 212 g/mol. The van der Waals surface area contributed by atoms with Gasteiger partial charge in [0.2, 0.25) is 0 Å². The highest BCUT2D eigenvalue weighted by Gasteiger charge is 2.32. The minimum atomic E-state index is -3.32. The number of rotatable bonds is 3. The largest absolute Gasteiger partial charge is 0.299 e. The molecule has 0 heterocycles. The zero-order valence-corrected chi connectivity index (χ0v) is 11.4. The molecule has 0 N–H and O–H groups in total. The average molecular weight is 234 g/mol. The van der Waals surface area contributed by atoms with Crippen LogP contribution in [0.25, 0.3) is 0 Å². The van der Waals surface area contributed by atoms with E-state index in [1.807, 2.05) is 20.8 Å². The zero-order chi connectivity index (χ0) is 12.5. The molecule has 0 aromatic heterocycles. The van der Waals surface area contributed by atoms with Crippen molar-refractivity contribution in [1.82, 2.24) is 0 Å². The number of carbonyl (C=O) groups excluding carboxylic acids is 1. The molecule has 0 fully saturated rings. The summed E-state index contributed by atoms with van der Waals surface area (Å²) in [7, 11) is -3.32. The van der Waals surface area contributed by atoms with Gasteiger partial charge in [0, 0.05) is 6.42 Å². The van der Waals surface area contributed by atoms with Gasteiger partial charge in [0.15, 0.2) is 9.84 Å². The molecule has 0 rings (SSSR count). The molecule has 0 aliphatic rings. The third-order valence-corrected chi connectivity index (χ3v) is 4.58. The number of hydrogen-bond acceptors (Lipinski definition) is 3. The van der Waals surface area contributed by atoms with Crippen molar-refractivity contribution in [3.63, 3.8) is 0 Å². The second kappa shape index (κ2) is 4.24. The lowest BCUT2D eigenvalue weighted by atomic mass is 9.90. The van der Waals surface area contributed by atoms with Gasteiger partial charge in [-0.05, 0) is 26.2 Å². The lowest BCUT2D eigenvalue weighted by Crippen LogP contribution is -2.34. The Bertz CT molecular complexity index is 326. The molecule has 0 aromatic rings. The number of sulfone groups is 1. The summed E-state index contributed by atoms with van der Waals surface area (Å²) >= 11 is 0. The summed E-state index contributed by atoms with van der Waals surface area (Å²) in [5.41, 5.74) is -0.148. The van der Waals surface area contributed by atoms with Crippen LogP contribution in [0.5, 0.6) is 0 Å². The van der Waals surface area contributed by atoms with E-state index in [1.54, 1.807) is 20.8 Å². The Hall–Kier alpha value is -0.380. The van der Waals surface area contributed by atoms with Crippen molar-refractivity contribution in [3.05, 3.63) is 0 Å². The number of hydrogen-bond donors (Lipinski definition) is 0. The maximum atomic E-state index is 11.7. The van der Waals surface area contributed by atoms with Crippen LogP contribution in [0.15, 0.2) is 0 Å². The van der Waals surface area contributed by atoms with Crippen molar-refractivity contribution in [1.29, 1.82) is 0 Å². The molecule has 0 aromatic carbocycles. The summed E-state index contributed by atoms with van der Waals surface area (Å²) in [5.74, 6) is -0.536. The minimum Gasteiger partial charge on any atom is -0.299 e. The molecule has 0 aliphatic heterocycles. The molecule has 0 spiro atoms. The number of ketones is 1. The molecule has 0 amide bonds. The Kier molecular flexibility index (Phi) is 4.13. The van der Waals surface area contributed by atoms with Crippen LogP contribution in [0.4, 0.5) is 0 Å². The Balaban J connectivity index is 4.58. The molecule has 15 heavy (non-hydrogen) atoms. The lowest BCUT2D eigenvalue weighted by Gasteiger charge is -2.21. The van der Waals surface area contributed by atoms with Gasteiger partial charge < -0.3 is 0 Å². The minimum absolute atomic E-state index is 0.148. The van der Waals surface area contributed by atoms with E-state index in [4.69, 9.17) is 0 Å². The molecule has 0 atom stereocenters. The van der Waals surface area contributed by atoms with Crippen molar-refractivity contribution < 1.29 is 13.2 Å². The highest BCUT2D eigenvalue weighted by Crippen LogP contribution is 2.21. The van der Waals surface area contributed by atoms with Gasteiger partial charge in [-0.25, -0.2) is 8.42 Å². The smallest absolute Gasteiger partial charge is 0.162 e. The van der Waals surface area contributed by atoms with Gasteiger partial charge in [-0.3, -0.25) is 4.79 Å². The van der Waals surface area contributed by atoms with Crippen LogP contribution in [0.1, 0.15) is 48.0 Å². The van der Waals surface area contributed by atoms with Gasteiger partial charge in [-0.2, -0.15) is 0 Å². The summed E-state index contributed by atoms with van der Waals surface area (Å²) in [5, 5.41) is 0. The fraction of sp³-hybridized carbons (Fsp3) is 0.909. The summed E-state index contributed by atoms with van der Waals surface area (Å²) in [6.07, 6.45) is 0.308. The third-order valence-electron chi connectivity index (χ3n) is 2.01. The quantitative estimate of drug-likeness (QED) is 0.752. The first-order chi connectivity index (χ1) is 6.35. The maximum Gasteiger partial charge on any atom is 0.162 e. The highest BCUT2D eigenvalue weighted by molar-refractivity contribution is 7.93.